The van der Waals surface area contributed by atoms with E-state index >= 15 is 0 Å². The quantitative estimate of drug-likeness (QED) is 0.422. The van der Waals surface area contributed by atoms with Crippen LogP contribution in [-0.2, 0) is 13.0 Å². The second kappa shape index (κ2) is 8.35. The molecule has 33 heavy (non-hydrogen) atoms. The van der Waals surface area contributed by atoms with Gasteiger partial charge in [0.1, 0.15) is 5.82 Å². The number of carbonyl (C=O) groups excluding carboxylic acids is 1. The van der Waals surface area contributed by atoms with Gasteiger partial charge in [-0.15, -0.1) is 0 Å². The van der Waals surface area contributed by atoms with Gasteiger partial charge in [0.2, 0.25) is 0 Å². The Kier molecular flexibility index (Phi) is 5.22. The minimum absolute atomic E-state index is 0.199. The van der Waals surface area contributed by atoms with Crippen LogP contribution in [-0.4, -0.2) is 20.7 Å². The Balaban J connectivity index is 1.50. The van der Waals surface area contributed by atoms with E-state index in [-0.39, 0.29) is 23.8 Å². The van der Waals surface area contributed by atoms with Crippen LogP contribution < -0.4 is 10.9 Å². The molecule has 0 aliphatic carbocycles. The van der Waals surface area contributed by atoms with Crippen molar-refractivity contribution in [2.24, 2.45) is 0 Å². The number of amides is 1. The minimum atomic E-state index is -0.321. The van der Waals surface area contributed by atoms with Crippen LogP contribution in [0.5, 0.6) is 0 Å². The molecule has 0 aliphatic rings. The normalized spacial score (nSPS) is 11.2. The fourth-order valence-electron chi connectivity index (χ4n) is 3.85. The minimum Gasteiger partial charge on any atom is -0.348 e. The molecule has 6 nitrogen and oxygen atoms in total. The Morgan fingerprint density at radius 2 is 1.73 bits per heavy atom. The lowest BCUT2D eigenvalue weighted by Crippen LogP contribution is -2.22. The Bertz CT molecular complexity index is 1530. The van der Waals surface area contributed by atoms with Gasteiger partial charge in [0.15, 0.2) is 0 Å². The predicted octanol–water partition coefficient (Wildman–Crippen LogP) is 4.50. The molecule has 0 bridgehead atoms. The highest BCUT2D eigenvalue weighted by Gasteiger charge is 2.14. The summed E-state index contributed by atoms with van der Waals surface area (Å²) >= 11 is 0. The Labute approximate surface area is 188 Å². The molecule has 0 aliphatic heterocycles. The molecule has 0 radical (unpaired) electrons. The number of hydrogen-bond acceptors (Lipinski definition) is 3. The summed E-state index contributed by atoms with van der Waals surface area (Å²) in [5.74, 6) is -0.589. The highest BCUT2D eigenvalue weighted by Crippen LogP contribution is 2.22. The first-order chi connectivity index (χ1) is 16.0. The highest BCUT2D eigenvalue weighted by molar-refractivity contribution is 6.06. The van der Waals surface area contributed by atoms with Crippen molar-refractivity contribution in [3.05, 3.63) is 106 Å². The van der Waals surface area contributed by atoms with Crippen molar-refractivity contribution in [1.29, 1.82) is 0 Å². The third-order valence-electron chi connectivity index (χ3n) is 5.76. The molecule has 5 aromatic rings. The number of carbonyl (C=O) groups is 1. The molecular formula is C26H21FN4O2. The van der Waals surface area contributed by atoms with E-state index in [4.69, 9.17) is 0 Å². The summed E-state index contributed by atoms with van der Waals surface area (Å²) in [6.07, 6.45) is 2.48. The SMILES string of the molecule is CCc1ccc(-n2[nH]c3c(cnc4ccc(C(=O)NCc5ccc(F)cc5)cc43)c2=O)cc1. The maximum Gasteiger partial charge on any atom is 0.280 e. The third-order valence-corrected chi connectivity index (χ3v) is 5.76. The van der Waals surface area contributed by atoms with Gasteiger partial charge in [-0.05, 0) is 60.0 Å². The number of H-pyrrole nitrogens is 1. The van der Waals surface area contributed by atoms with Crippen molar-refractivity contribution in [1.82, 2.24) is 20.1 Å². The van der Waals surface area contributed by atoms with E-state index < -0.39 is 0 Å². The number of aromatic nitrogens is 3. The second-order valence-corrected chi connectivity index (χ2v) is 7.86. The molecule has 2 N–H and O–H groups in total. The molecular weight excluding hydrogens is 419 g/mol. The van der Waals surface area contributed by atoms with Gasteiger partial charge >= 0.3 is 0 Å². The van der Waals surface area contributed by atoms with E-state index in [0.29, 0.717) is 27.4 Å². The zero-order valence-corrected chi connectivity index (χ0v) is 17.9. The van der Waals surface area contributed by atoms with Crippen LogP contribution in [0.1, 0.15) is 28.4 Å². The standard InChI is InChI=1S/C26H21FN4O2/c1-2-16-5-10-20(11-6-16)31-26(33)22-15-28-23-12-7-18(13-21(23)24(22)30-31)25(32)29-14-17-3-8-19(27)9-4-17/h3-13,15,30H,2,14H2,1H3,(H,29,32). The second-order valence-electron chi connectivity index (χ2n) is 7.86. The summed E-state index contributed by atoms with van der Waals surface area (Å²) in [5.41, 5.74) is 4.26. The lowest BCUT2D eigenvalue weighted by Gasteiger charge is -2.07. The van der Waals surface area contributed by atoms with E-state index in [2.05, 4.69) is 22.3 Å². The number of pyridine rings is 1. The lowest BCUT2D eigenvalue weighted by molar-refractivity contribution is 0.0951. The molecule has 0 saturated carbocycles. The van der Waals surface area contributed by atoms with E-state index in [1.165, 1.54) is 22.4 Å². The van der Waals surface area contributed by atoms with Crippen LogP contribution >= 0.6 is 0 Å². The molecule has 164 valence electrons. The average molecular weight is 440 g/mol. The Morgan fingerprint density at radius 1 is 1.00 bits per heavy atom. The van der Waals surface area contributed by atoms with Crippen LogP contribution in [0.4, 0.5) is 4.39 Å². The monoisotopic (exact) mass is 440 g/mol. The zero-order valence-electron chi connectivity index (χ0n) is 17.9. The largest absolute Gasteiger partial charge is 0.348 e. The fourth-order valence-corrected chi connectivity index (χ4v) is 3.85. The van der Waals surface area contributed by atoms with Gasteiger partial charge in [0.25, 0.3) is 11.5 Å². The number of aromatic amines is 1. The molecule has 0 atom stereocenters. The zero-order chi connectivity index (χ0) is 22.9. The summed E-state index contributed by atoms with van der Waals surface area (Å²) in [7, 11) is 0. The summed E-state index contributed by atoms with van der Waals surface area (Å²) in [6, 6.07) is 18.9. The van der Waals surface area contributed by atoms with Gasteiger partial charge in [-0.2, -0.15) is 0 Å². The summed E-state index contributed by atoms with van der Waals surface area (Å²) in [5, 5.41) is 7.16. The number of rotatable bonds is 5. The number of nitrogens with zero attached hydrogens (tertiary/aromatic N) is 2. The molecule has 0 saturated heterocycles. The van der Waals surface area contributed by atoms with Crippen molar-refractivity contribution >= 4 is 27.7 Å². The number of fused-ring (bicyclic) bond motifs is 3. The maximum atomic E-state index is 13.1. The third kappa shape index (κ3) is 3.89. The molecule has 3 aromatic carbocycles. The first-order valence-corrected chi connectivity index (χ1v) is 10.7. The molecule has 0 fully saturated rings. The van der Waals surface area contributed by atoms with Crippen molar-refractivity contribution in [2.75, 3.05) is 0 Å². The smallest absolute Gasteiger partial charge is 0.280 e. The highest BCUT2D eigenvalue weighted by atomic mass is 19.1. The van der Waals surface area contributed by atoms with Crippen molar-refractivity contribution in [3.8, 4) is 5.69 Å². The topological polar surface area (TPSA) is 79.8 Å². The average Bonchev–Trinajstić information content (AvgIpc) is 3.20. The molecule has 2 heterocycles. The fraction of sp³-hybridized carbons (Fsp3) is 0.115. The van der Waals surface area contributed by atoms with Crippen molar-refractivity contribution < 1.29 is 9.18 Å². The van der Waals surface area contributed by atoms with Crippen LogP contribution in [0.15, 0.2) is 77.7 Å². The predicted molar refractivity (Wildman–Crippen MR) is 126 cm³/mol. The number of halogens is 1. The van der Waals surface area contributed by atoms with Gasteiger partial charge in [0, 0.05) is 23.7 Å². The molecule has 5 rings (SSSR count). The maximum absolute atomic E-state index is 13.1. The van der Waals surface area contributed by atoms with Crippen molar-refractivity contribution in [2.45, 2.75) is 19.9 Å². The van der Waals surface area contributed by atoms with Crippen molar-refractivity contribution in [3.63, 3.8) is 0 Å². The number of hydrogen-bond donors (Lipinski definition) is 2. The summed E-state index contributed by atoms with van der Waals surface area (Å²) < 4.78 is 14.6. The lowest BCUT2D eigenvalue weighted by atomic mass is 10.1. The Morgan fingerprint density at radius 3 is 2.45 bits per heavy atom. The van der Waals surface area contributed by atoms with Gasteiger partial charge in [0.05, 0.1) is 22.1 Å². The van der Waals surface area contributed by atoms with Gasteiger partial charge in [-0.25, -0.2) is 9.07 Å². The van der Waals surface area contributed by atoms with Gasteiger partial charge in [-0.3, -0.25) is 19.7 Å². The van der Waals surface area contributed by atoms with Crippen LogP contribution in [0.25, 0.3) is 27.5 Å². The Hall–Kier alpha value is -4.26. The van der Waals surface area contributed by atoms with Crippen LogP contribution in [0.2, 0.25) is 0 Å². The molecule has 1 amide bonds. The van der Waals surface area contributed by atoms with E-state index in [1.54, 1.807) is 36.5 Å². The van der Waals surface area contributed by atoms with E-state index in [0.717, 1.165) is 17.7 Å². The first-order valence-electron chi connectivity index (χ1n) is 10.7. The molecule has 0 unspecified atom stereocenters. The van der Waals surface area contributed by atoms with Gasteiger partial charge in [-0.1, -0.05) is 31.2 Å². The summed E-state index contributed by atoms with van der Waals surface area (Å²) in [6.45, 7) is 2.36. The van der Waals surface area contributed by atoms with Crippen LogP contribution in [0.3, 0.4) is 0 Å². The van der Waals surface area contributed by atoms with Crippen LogP contribution in [0, 0.1) is 5.82 Å². The molecule has 2 aromatic heterocycles. The van der Waals surface area contributed by atoms with E-state index in [9.17, 15) is 14.0 Å². The number of nitrogens with one attached hydrogen (secondary N) is 2. The molecule has 7 heteroatoms. The van der Waals surface area contributed by atoms with E-state index in [1.807, 2.05) is 24.3 Å². The number of aryl methyl sites for hydroxylation is 1. The molecule has 0 spiro atoms. The first kappa shape index (κ1) is 20.6. The number of benzene rings is 3. The summed E-state index contributed by atoms with van der Waals surface area (Å²) in [4.78, 5) is 30.2. The van der Waals surface area contributed by atoms with Gasteiger partial charge < -0.3 is 5.32 Å².